The maximum absolute atomic E-state index is 12.7. The second-order valence-electron chi connectivity index (χ2n) is 4.46. The third kappa shape index (κ3) is 2.43. The summed E-state index contributed by atoms with van der Waals surface area (Å²) < 4.78 is 1.92. The molecule has 0 radical (unpaired) electrons. The van der Waals surface area contributed by atoms with Gasteiger partial charge in [-0.05, 0) is 58.8 Å². The normalized spacial score (nSPS) is 13.5. The number of carbonyl (C=O) groups excluding carboxylic acids is 1. The van der Waals surface area contributed by atoms with Crippen molar-refractivity contribution in [3.63, 3.8) is 0 Å². The van der Waals surface area contributed by atoms with Gasteiger partial charge in [0.05, 0.1) is 5.56 Å². The molecule has 1 aliphatic heterocycles. The fraction of sp³-hybridized carbons (Fsp3) is 0.133. The Morgan fingerprint density at radius 3 is 2.84 bits per heavy atom. The lowest BCUT2D eigenvalue weighted by Crippen LogP contribution is -2.29. The molecule has 0 saturated heterocycles. The molecule has 2 aromatic carbocycles. The number of hydrogen-bond acceptors (Lipinski definition) is 1. The van der Waals surface area contributed by atoms with Crippen molar-refractivity contribution in [2.45, 2.75) is 6.42 Å². The third-order valence-electron chi connectivity index (χ3n) is 3.29. The monoisotopic (exact) mass is 427 g/mol. The van der Waals surface area contributed by atoms with Gasteiger partial charge in [-0.2, -0.15) is 0 Å². The molecule has 4 heteroatoms. The van der Waals surface area contributed by atoms with E-state index in [1.165, 1.54) is 5.56 Å². The Labute approximate surface area is 134 Å². The first-order chi connectivity index (χ1) is 9.16. The standard InChI is InChI=1S/C15H11BrINO/c16-11-5-6-13(17)12(9-11)15(19)18-8-7-10-3-1-2-4-14(10)18/h1-6,9H,7-8H2. The predicted octanol–water partition coefficient (Wildman–Crippen LogP) is 4.26. The van der Waals surface area contributed by atoms with Crippen LogP contribution in [0.3, 0.4) is 0 Å². The van der Waals surface area contributed by atoms with E-state index in [1.54, 1.807) is 0 Å². The molecule has 3 rings (SSSR count). The maximum atomic E-state index is 12.7. The number of anilines is 1. The van der Waals surface area contributed by atoms with E-state index in [9.17, 15) is 4.79 Å². The van der Waals surface area contributed by atoms with Crippen LogP contribution in [0, 0.1) is 3.57 Å². The fourth-order valence-electron chi connectivity index (χ4n) is 2.36. The Morgan fingerprint density at radius 2 is 2.00 bits per heavy atom. The molecule has 0 spiro atoms. The van der Waals surface area contributed by atoms with Gasteiger partial charge in [-0.25, -0.2) is 0 Å². The first-order valence-electron chi connectivity index (χ1n) is 6.01. The molecule has 0 saturated carbocycles. The zero-order valence-electron chi connectivity index (χ0n) is 10.1. The average Bonchev–Trinajstić information content (AvgIpc) is 2.84. The average molecular weight is 428 g/mol. The summed E-state index contributed by atoms with van der Waals surface area (Å²) >= 11 is 5.64. The van der Waals surface area contributed by atoms with E-state index < -0.39 is 0 Å². The van der Waals surface area contributed by atoms with Crippen LogP contribution in [0.2, 0.25) is 0 Å². The summed E-state index contributed by atoms with van der Waals surface area (Å²) in [5, 5.41) is 0. The molecule has 1 aliphatic rings. The van der Waals surface area contributed by atoms with Crippen molar-refractivity contribution in [3.8, 4) is 0 Å². The van der Waals surface area contributed by atoms with Crippen LogP contribution in [0.1, 0.15) is 15.9 Å². The van der Waals surface area contributed by atoms with E-state index in [4.69, 9.17) is 0 Å². The van der Waals surface area contributed by atoms with Crippen LogP contribution in [0.5, 0.6) is 0 Å². The highest BCUT2D eigenvalue weighted by molar-refractivity contribution is 14.1. The summed E-state index contributed by atoms with van der Waals surface area (Å²) in [4.78, 5) is 14.6. The van der Waals surface area contributed by atoms with E-state index in [0.717, 1.165) is 32.3 Å². The lowest BCUT2D eigenvalue weighted by atomic mass is 10.1. The topological polar surface area (TPSA) is 20.3 Å². The van der Waals surface area contributed by atoms with Crippen molar-refractivity contribution in [2.24, 2.45) is 0 Å². The molecular weight excluding hydrogens is 417 g/mol. The van der Waals surface area contributed by atoms with Crippen LogP contribution < -0.4 is 4.90 Å². The quantitative estimate of drug-likeness (QED) is 0.623. The lowest BCUT2D eigenvalue weighted by molar-refractivity contribution is 0.0988. The molecule has 0 aliphatic carbocycles. The van der Waals surface area contributed by atoms with Gasteiger partial charge in [-0.15, -0.1) is 0 Å². The molecule has 0 aromatic heterocycles. The molecule has 0 N–H and O–H groups in total. The van der Waals surface area contributed by atoms with Crippen molar-refractivity contribution in [3.05, 3.63) is 61.6 Å². The Balaban J connectivity index is 2.00. The van der Waals surface area contributed by atoms with Gasteiger partial charge >= 0.3 is 0 Å². The first kappa shape index (κ1) is 13.1. The predicted molar refractivity (Wildman–Crippen MR) is 88.7 cm³/mol. The van der Waals surface area contributed by atoms with Crippen LogP contribution in [-0.2, 0) is 6.42 Å². The molecule has 19 heavy (non-hydrogen) atoms. The largest absolute Gasteiger partial charge is 0.308 e. The summed E-state index contributed by atoms with van der Waals surface area (Å²) in [5.41, 5.74) is 3.05. The van der Waals surface area contributed by atoms with Gasteiger partial charge in [-0.1, -0.05) is 34.1 Å². The SMILES string of the molecule is O=C(c1cc(Br)ccc1I)N1CCc2ccccc21. The number of para-hydroxylation sites is 1. The number of rotatable bonds is 1. The number of benzene rings is 2. The van der Waals surface area contributed by atoms with Crippen LogP contribution in [-0.4, -0.2) is 12.5 Å². The number of nitrogens with zero attached hydrogens (tertiary/aromatic N) is 1. The highest BCUT2D eigenvalue weighted by Gasteiger charge is 2.26. The molecule has 0 unspecified atom stereocenters. The summed E-state index contributed by atoms with van der Waals surface area (Å²) in [7, 11) is 0. The minimum absolute atomic E-state index is 0.0793. The molecule has 0 atom stereocenters. The van der Waals surface area contributed by atoms with Crippen LogP contribution in [0.4, 0.5) is 5.69 Å². The van der Waals surface area contributed by atoms with Gasteiger partial charge in [0.15, 0.2) is 0 Å². The molecule has 1 amide bonds. The fourth-order valence-corrected chi connectivity index (χ4v) is 3.28. The van der Waals surface area contributed by atoms with Gasteiger partial charge in [0.1, 0.15) is 0 Å². The first-order valence-corrected chi connectivity index (χ1v) is 7.89. The Bertz CT molecular complexity index is 656. The smallest absolute Gasteiger partial charge is 0.259 e. The third-order valence-corrected chi connectivity index (χ3v) is 4.73. The van der Waals surface area contributed by atoms with E-state index in [0.29, 0.717) is 0 Å². The number of halogens is 2. The molecule has 2 aromatic rings. The minimum atomic E-state index is 0.0793. The second kappa shape index (κ2) is 5.25. The van der Waals surface area contributed by atoms with Gasteiger partial charge in [-0.3, -0.25) is 4.79 Å². The Hall–Kier alpha value is -0.880. The summed E-state index contributed by atoms with van der Waals surface area (Å²) in [6.07, 6.45) is 0.937. The van der Waals surface area contributed by atoms with Crippen molar-refractivity contribution >= 4 is 50.1 Å². The molecule has 2 nitrogen and oxygen atoms in total. The summed E-state index contributed by atoms with van der Waals surface area (Å²) in [6.45, 7) is 0.765. The molecular formula is C15H11BrINO. The van der Waals surface area contributed by atoms with Crippen LogP contribution in [0.15, 0.2) is 46.9 Å². The number of amides is 1. The molecule has 1 heterocycles. The van der Waals surface area contributed by atoms with E-state index >= 15 is 0 Å². The molecule has 96 valence electrons. The second-order valence-corrected chi connectivity index (χ2v) is 6.54. The van der Waals surface area contributed by atoms with Gasteiger partial charge < -0.3 is 4.90 Å². The van der Waals surface area contributed by atoms with Gasteiger partial charge in [0.2, 0.25) is 0 Å². The minimum Gasteiger partial charge on any atom is -0.308 e. The summed E-state index contributed by atoms with van der Waals surface area (Å²) in [6, 6.07) is 13.9. The Kier molecular flexibility index (Phi) is 3.62. The summed E-state index contributed by atoms with van der Waals surface area (Å²) in [5.74, 6) is 0.0793. The molecule has 0 bridgehead atoms. The number of carbonyl (C=O) groups is 1. The van der Waals surface area contributed by atoms with Gasteiger partial charge in [0, 0.05) is 20.3 Å². The zero-order chi connectivity index (χ0) is 13.4. The van der Waals surface area contributed by atoms with Gasteiger partial charge in [0.25, 0.3) is 5.91 Å². The van der Waals surface area contributed by atoms with Crippen molar-refractivity contribution in [2.75, 3.05) is 11.4 Å². The van der Waals surface area contributed by atoms with E-state index in [1.807, 2.05) is 41.3 Å². The van der Waals surface area contributed by atoms with Crippen molar-refractivity contribution in [1.82, 2.24) is 0 Å². The highest BCUT2D eigenvalue weighted by atomic mass is 127. The van der Waals surface area contributed by atoms with Crippen LogP contribution in [0.25, 0.3) is 0 Å². The number of fused-ring (bicyclic) bond motifs is 1. The van der Waals surface area contributed by atoms with Crippen LogP contribution >= 0.6 is 38.5 Å². The number of hydrogen-bond donors (Lipinski definition) is 0. The van der Waals surface area contributed by atoms with Crippen molar-refractivity contribution in [1.29, 1.82) is 0 Å². The Morgan fingerprint density at radius 1 is 1.21 bits per heavy atom. The maximum Gasteiger partial charge on any atom is 0.259 e. The zero-order valence-corrected chi connectivity index (χ0v) is 13.8. The van der Waals surface area contributed by atoms with E-state index in [-0.39, 0.29) is 5.91 Å². The lowest BCUT2D eigenvalue weighted by Gasteiger charge is -2.18. The molecule has 0 fully saturated rings. The van der Waals surface area contributed by atoms with Crippen molar-refractivity contribution < 1.29 is 4.79 Å². The van der Waals surface area contributed by atoms with E-state index in [2.05, 4.69) is 44.6 Å². The highest BCUT2D eigenvalue weighted by Crippen LogP contribution is 2.30.